The summed E-state index contributed by atoms with van der Waals surface area (Å²) in [4.78, 5) is 78.5. The third-order valence-electron chi connectivity index (χ3n) is 15.6. The molecular weight excluding hydrogens is 1300 g/mol. The summed E-state index contributed by atoms with van der Waals surface area (Å²) in [6.07, 6.45) is -43.0. The number of hydrogen-bond acceptors (Lipinski definition) is 36. The van der Waals surface area contributed by atoms with Crippen molar-refractivity contribution in [3.63, 3.8) is 0 Å². The van der Waals surface area contributed by atoms with Gasteiger partial charge in [0.2, 0.25) is 30.0 Å². The SMILES string of the molecule is CC(=O)O[C@@H]1[C@@H](O)[C@H](Oc2cc3c(O)cc(=O)cc-3oc2-c2cc(O)c(O)c(O)c2)O[C@H](COC(=O)CC(=O)O[C@H]2[C@H](Oc3cc(O)c4c(=O)c(O[C@@H]5O[C@H](CO)[C@@H](O)[C@H](O)[C@H]5O[C@@H]5O[C@H](CO)[C@@H](O)[C@H](O)[C@H]5O)c(-c5ccc(O)cc5)oc4c3)O[C@H](C(=O)O)[C@@H](O)[C@@H]2O)[C@H]1O. The van der Waals surface area contributed by atoms with E-state index < -0.39 is 252 Å². The average molecular weight is 1360 g/mol. The number of aliphatic hydroxyl groups excluding tert-OH is 11. The van der Waals surface area contributed by atoms with Crippen LogP contribution in [0.2, 0.25) is 0 Å². The second-order valence-electron chi connectivity index (χ2n) is 22.1. The maximum Gasteiger partial charge on any atom is 0.335 e. The number of phenols is 6. The second-order valence-corrected chi connectivity index (χ2v) is 22.1. The highest BCUT2D eigenvalue weighted by Crippen LogP contribution is 2.47. The number of benzene rings is 4. The Hall–Kier alpha value is -9.26. The van der Waals surface area contributed by atoms with E-state index in [4.69, 9.17) is 60.9 Å². The molecule has 518 valence electrons. The minimum Gasteiger partial charge on any atom is -0.508 e. The minimum absolute atomic E-state index is 0.104. The Bertz CT molecular complexity index is 3920. The van der Waals surface area contributed by atoms with Crippen LogP contribution in [0.1, 0.15) is 13.3 Å². The first kappa shape index (κ1) is 69.6. The fourth-order valence-electron chi connectivity index (χ4n) is 10.7. The van der Waals surface area contributed by atoms with Gasteiger partial charge in [0.15, 0.2) is 76.8 Å². The molecule has 18 N–H and O–H groups in total. The number of phenolic OH excluding ortho intramolecular Hbond substituents is 6. The topological polar surface area (TPSA) is 594 Å². The molecule has 37 nitrogen and oxygen atoms in total. The number of rotatable bonds is 19. The molecule has 3 aromatic carbocycles. The number of hydrogen-bond donors (Lipinski definition) is 18. The molecule has 6 aliphatic rings. The first-order valence-corrected chi connectivity index (χ1v) is 28.5. The fourth-order valence-corrected chi connectivity index (χ4v) is 10.7. The molecule has 0 amide bonds. The predicted octanol–water partition coefficient (Wildman–Crippen LogP) is -4.37. The van der Waals surface area contributed by atoms with Crippen LogP contribution in [-0.2, 0) is 57.1 Å². The Kier molecular flexibility index (Phi) is 20.4. The van der Waals surface area contributed by atoms with Crippen LogP contribution in [0.15, 0.2) is 85.2 Å². The Morgan fingerprint density at radius 2 is 1.15 bits per heavy atom. The Balaban J connectivity index is 0.891. The van der Waals surface area contributed by atoms with Crippen LogP contribution in [0.4, 0.5) is 0 Å². The van der Waals surface area contributed by atoms with E-state index in [1.165, 1.54) is 12.1 Å². The third kappa shape index (κ3) is 14.0. The van der Waals surface area contributed by atoms with E-state index in [-0.39, 0.29) is 28.2 Å². The molecule has 5 aliphatic heterocycles. The van der Waals surface area contributed by atoms with Crippen LogP contribution in [0.25, 0.3) is 44.9 Å². The summed E-state index contributed by atoms with van der Waals surface area (Å²) in [5.74, 6) is -14.3. The van der Waals surface area contributed by atoms with Gasteiger partial charge in [-0.2, -0.15) is 0 Å². The second kappa shape index (κ2) is 28.2. The first-order valence-electron chi connectivity index (χ1n) is 28.5. The van der Waals surface area contributed by atoms with Crippen molar-refractivity contribution < 1.29 is 172 Å². The first-order chi connectivity index (χ1) is 45.5. The number of ether oxygens (including phenoxy) is 11. The van der Waals surface area contributed by atoms with Gasteiger partial charge in [0.05, 0.1) is 18.8 Å². The number of aliphatic carboxylic acids is 1. The molecule has 0 unspecified atom stereocenters. The van der Waals surface area contributed by atoms with Crippen molar-refractivity contribution in [2.75, 3.05) is 19.8 Å². The van der Waals surface area contributed by atoms with Gasteiger partial charge in [-0.25, -0.2) is 4.79 Å². The van der Waals surface area contributed by atoms with Crippen LogP contribution in [-0.4, -0.2) is 258 Å². The lowest BCUT2D eigenvalue weighted by atomic mass is 9.97. The van der Waals surface area contributed by atoms with Crippen LogP contribution in [0.3, 0.4) is 0 Å². The van der Waals surface area contributed by atoms with Gasteiger partial charge in [-0.05, 0) is 42.5 Å². The lowest BCUT2D eigenvalue weighted by Gasteiger charge is -2.45. The molecule has 0 radical (unpaired) electrons. The summed E-state index contributed by atoms with van der Waals surface area (Å²) >= 11 is 0. The molecule has 37 heteroatoms. The number of carboxylic acids is 1. The quantitative estimate of drug-likeness (QED) is 0.0158. The van der Waals surface area contributed by atoms with E-state index in [0.29, 0.717) is 6.07 Å². The molecule has 0 saturated carbocycles. The number of carboxylic acid groups (broad SMARTS) is 1. The number of aliphatic hydroxyl groups is 11. The highest BCUT2D eigenvalue weighted by molar-refractivity contribution is 5.91. The summed E-state index contributed by atoms with van der Waals surface area (Å²) in [7, 11) is 0. The van der Waals surface area contributed by atoms with E-state index in [1.807, 2.05) is 0 Å². The maximum atomic E-state index is 14.7. The van der Waals surface area contributed by atoms with Gasteiger partial charge in [0.25, 0.3) is 0 Å². The molecule has 0 spiro atoms. The van der Waals surface area contributed by atoms with Crippen molar-refractivity contribution in [3.05, 3.63) is 87.2 Å². The standard InChI is InChI=1S/C59H60O37/c1-17(62)85-50-40(74)33(92-57(47(50)81)89-30-12-23-24(65)8-21(64)9-28(23)87-48(30)19-6-26(67)37(71)27(68)7-19)16-84-34(69)13-35(70)93-53-45(79)44(78)52(55(82)83)95-58(53)86-22-10-25(66)36-29(11-22)88-49(18-2-4-20(63)5-3-18)51(41(36)75)94-59-54(43(77)39(73)32(15-61)91-59)96-56-46(80)42(76)38(72)31(14-60)90-56/h2-12,31-33,38-40,42-47,50,52-54,56-61,63,65-68,71-74,76-81H,13-16H2,1H3,(H,82,83)/t31-,32-,33-,38-,39-,40-,42+,43+,44+,45+,46-,47-,50+,52+,53-,54-,56+,57-,58-,59+/m1/s1. The Morgan fingerprint density at radius 3 is 1.79 bits per heavy atom. The molecule has 4 aromatic rings. The van der Waals surface area contributed by atoms with Gasteiger partial charge < -0.3 is 153 Å². The van der Waals surface area contributed by atoms with Gasteiger partial charge >= 0.3 is 23.9 Å². The van der Waals surface area contributed by atoms with Gasteiger partial charge in [-0.3, -0.25) is 24.0 Å². The molecule has 4 saturated heterocycles. The number of aromatic hydroxyl groups is 6. The van der Waals surface area contributed by atoms with E-state index >= 15 is 0 Å². The van der Waals surface area contributed by atoms with Crippen LogP contribution < -0.4 is 25.1 Å². The summed E-state index contributed by atoms with van der Waals surface area (Å²) in [6.45, 7) is -2.12. The normalized spacial score (nSPS) is 30.7. The molecule has 10 rings (SSSR count). The molecule has 6 heterocycles. The smallest absolute Gasteiger partial charge is 0.335 e. The zero-order chi connectivity index (χ0) is 69.6. The Labute approximate surface area is 534 Å². The highest BCUT2D eigenvalue weighted by atomic mass is 16.8. The number of esters is 3. The van der Waals surface area contributed by atoms with Crippen molar-refractivity contribution in [2.24, 2.45) is 0 Å². The third-order valence-corrected chi connectivity index (χ3v) is 15.6. The average Bonchev–Trinajstić information content (AvgIpc) is 0.753. The largest absolute Gasteiger partial charge is 0.508 e. The summed E-state index contributed by atoms with van der Waals surface area (Å²) in [5.41, 5.74) is -3.21. The molecule has 96 heavy (non-hydrogen) atoms. The van der Waals surface area contributed by atoms with E-state index in [0.717, 1.165) is 55.5 Å². The zero-order valence-corrected chi connectivity index (χ0v) is 49.0. The van der Waals surface area contributed by atoms with E-state index in [2.05, 4.69) is 0 Å². The molecule has 20 atom stereocenters. The van der Waals surface area contributed by atoms with Crippen molar-refractivity contribution in [3.8, 4) is 85.7 Å². The maximum absolute atomic E-state index is 14.7. The molecule has 0 bridgehead atoms. The van der Waals surface area contributed by atoms with Crippen molar-refractivity contribution in [1.29, 1.82) is 0 Å². The molecular formula is C59H60O37. The van der Waals surface area contributed by atoms with Crippen molar-refractivity contribution in [2.45, 2.75) is 136 Å². The van der Waals surface area contributed by atoms with Gasteiger partial charge in [0.1, 0.15) is 120 Å². The lowest BCUT2D eigenvalue weighted by molar-refractivity contribution is -0.358. The molecule has 1 aromatic heterocycles. The number of carbonyl (C=O) groups excluding carboxylic acids is 3. The van der Waals surface area contributed by atoms with Gasteiger partial charge in [-0.1, -0.05) is 0 Å². The predicted molar refractivity (Wildman–Crippen MR) is 303 cm³/mol. The van der Waals surface area contributed by atoms with Crippen LogP contribution in [0, 0.1) is 0 Å². The number of carbonyl (C=O) groups is 4. The lowest BCUT2D eigenvalue weighted by Crippen LogP contribution is -2.65. The van der Waals surface area contributed by atoms with Crippen LogP contribution >= 0.6 is 0 Å². The van der Waals surface area contributed by atoms with E-state index in [9.17, 15) is 121 Å². The van der Waals surface area contributed by atoms with Crippen molar-refractivity contribution in [1.82, 2.24) is 0 Å². The monoisotopic (exact) mass is 1360 g/mol. The van der Waals surface area contributed by atoms with E-state index in [1.54, 1.807) is 0 Å². The highest BCUT2D eigenvalue weighted by Gasteiger charge is 2.54. The zero-order valence-electron chi connectivity index (χ0n) is 49.0. The van der Waals surface area contributed by atoms with Gasteiger partial charge in [0, 0.05) is 42.3 Å². The van der Waals surface area contributed by atoms with Gasteiger partial charge in [-0.15, -0.1) is 0 Å². The minimum atomic E-state index is -2.44. The Morgan fingerprint density at radius 1 is 0.521 bits per heavy atom. The number of fused-ring (bicyclic) bond motifs is 2. The van der Waals surface area contributed by atoms with Crippen molar-refractivity contribution >= 4 is 34.8 Å². The summed E-state index contributed by atoms with van der Waals surface area (Å²) in [6, 6.07) is 10.7. The molecule has 4 fully saturated rings. The fraction of sp³-hybridized carbons (Fsp3) is 0.424. The summed E-state index contributed by atoms with van der Waals surface area (Å²) < 4.78 is 73.3. The molecule has 1 aliphatic carbocycles. The summed E-state index contributed by atoms with van der Waals surface area (Å²) in [5, 5.41) is 191. The van der Waals surface area contributed by atoms with Crippen LogP contribution in [0.5, 0.6) is 51.7 Å².